The summed E-state index contributed by atoms with van der Waals surface area (Å²) in [6.45, 7) is 1.12. The first-order valence-corrected chi connectivity index (χ1v) is 11.5. The monoisotopic (exact) mass is 485 g/mol. The van der Waals surface area contributed by atoms with Gasteiger partial charge in [0.15, 0.2) is 0 Å². The highest BCUT2D eigenvalue weighted by molar-refractivity contribution is 7.92. The molecule has 0 fully saturated rings. The molecular formula is C23H21N2O8S-. The van der Waals surface area contributed by atoms with E-state index in [1.165, 1.54) is 60.7 Å². The van der Waals surface area contributed by atoms with Crippen molar-refractivity contribution in [2.75, 3.05) is 17.5 Å². The Labute approximate surface area is 195 Å². The number of benzene rings is 3. The summed E-state index contributed by atoms with van der Waals surface area (Å²) < 4.78 is 33.1. The van der Waals surface area contributed by atoms with Crippen LogP contribution in [0, 0.1) is 17.0 Å². The topological polar surface area (TPSA) is 150 Å². The number of nitrogens with zero attached hydrogens (tertiary/aromatic N) is 2. The molecule has 0 aromatic heterocycles. The summed E-state index contributed by atoms with van der Waals surface area (Å²) in [4.78, 5) is 21.2. The number of hydrogen-bond acceptors (Lipinski definition) is 8. The Bertz CT molecular complexity index is 1260. The molecular weight excluding hydrogens is 464 g/mol. The fourth-order valence-electron chi connectivity index (χ4n) is 3.04. The maximum atomic E-state index is 13.4. The largest absolute Gasteiger partial charge is 0.545 e. The van der Waals surface area contributed by atoms with Crippen LogP contribution in [0.4, 0.5) is 11.4 Å². The number of rotatable bonds is 10. The number of ether oxygens (including phenoxy) is 1. The Hall–Kier alpha value is -3.96. The minimum Gasteiger partial charge on any atom is -0.545 e. The van der Waals surface area contributed by atoms with Crippen LogP contribution in [0.25, 0.3) is 0 Å². The summed E-state index contributed by atoms with van der Waals surface area (Å²) in [7, 11) is -4.12. The van der Waals surface area contributed by atoms with E-state index in [0.29, 0.717) is 0 Å². The van der Waals surface area contributed by atoms with E-state index in [0.717, 1.165) is 9.87 Å². The maximum absolute atomic E-state index is 13.4. The van der Waals surface area contributed by atoms with Crippen molar-refractivity contribution in [3.8, 4) is 5.75 Å². The average molecular weight is 485 g/mol. The molecule has 3 rings (SSSR count). The molecule has 0 heterocycles. The Morgan fingerprint density at radius 2 is 1.62 bits per heavy atom. The van der Waals surface area contributed by atoms with E-state index in [9.17, 15) is 33.5 Å². The number of hydrogen-bond donors (Lipinski definition) is 1. The van der Waals surface area contributed by atoms with Gasteiger partial charge < -0.3 is 19.7 Å². The van der Waals surface area contributed by atoms with Crippen LogP contribution in [-0.4, -0.2) is 43.7 Å². The van der Waals surface area contributed by atoms with Crippen molar-refractivity contribution in [2.24, 2.45) is 0 Å². The molecule has 11 heteroatoms. The Kier molecular flexibility index (Phi) is 7.49. The molecule has 10 nitrogen and oxygen atoms in total. The number of anilines is 1. The zero-order valence-electron chi connectivity index (χ0n) is 18.0. The van der Waals surface area contributed by atoms with Crippen LogP contribution in [0.1, 0.15) is 15.9 Å². The lowest BCUT2D eigenvalue weighted by molar-refractivity contribution is -0.384. The van der Waals surface area contributed by atoms with Crippen LogP contribution in [0.3, 0.4) is 0 Å². The van der Waals surface area contributed by atoms with Gasteiger partial charge in [-0.05, 0) is 48.9 Å². The van der Waals surface area contributed by atoms with Gasteiger partial charge >= 0.3 is 0 Å². The minimum absolute atomic E-state index is 0.00874. The van der Waals surface area contributed by atoms with Crippen LogP contribution >= 0.6 is 0 Å². The van der Waals surface area contributed by atoms with Crippen molar-refractivity contribution in [3.63, 3.8) is 0 Å². The second-order valence-corrected chi connectivity index (χ2v) is 9.26. The number of aliphatic hydroxyl groups is 1. The molecule has 0 bridgehead atoms. The first kappa shape index (κ1) is 24.7. The molecule has 0 amide bonds. The van der Waals surface area contributed by atoms with Crippen molar-refractivity contribution in [1.82, 2.24) is 0 Å². The number of aryl methyl sites for hydroxylation is 1. The Morgan fingerprint density at radius 3 is 2.15 bits per heavy atom. The average Bonchev–Trinajstić information content (AvgIpc) is 2.81. The predicted octanol–water partition coefficient (Wildman–Crippen LogP) is 1.90. The molecule has 0 spiro atoms. The number of aliphatic hydroxyl groups excluding tert-OH is 1. The molecule has 0 radical (unpaired) electrons. The van der Waals surface area contributed by atoms with Crippen molar-refractivity contribution in [2.45, 2.75) is 17.9 Å². The Morgan fingerprint density at radius 1 is 1.03 bits per heavy atom. The van der Waals surface area contributed by atoms with Gasteiger partial charge in [0.05, 0.1) is 28.0 Å². The standard InChI is InChI=1S/C23H22N2O8S/c1-16-2-12-22(13-3-16)34(31,32)24(18-6-4-17(5-7-18)23(27)28)14-20(26)15-33-21-10-8-19(9-11-21)25(29)30/h2-13,20,26H,14-15H2,1H3,(H,27,28)/p-1/t20-/m1/s1. The highest BCUT2D eigenvalue weighted by atomic mass is 32.2. The third kappa shape index (κ3) is 5.88. The van der Waals surface area contributed by atoms with Crippen LogP contribution in [0.15, 0.2) is 77.7 Å². The van der Waals surface area contributed by atoms with Crippen molar-refractivity contribution >= 4 is 27.4 Å². The minimum atomic E-state index is -4.12. The summed E-state index contributed by atoms with van der Waals surface area (Å²) in [5, 5.41) is 32.3. The SMILES string of the molecule is Cc1ccc(S(=O)(=O)N(C[C@@H](O)COc2ccc([N+](=O)[O-])cc2)c2ccc(C(=O)[O-])cc2)cc1. The molecule has 0 aliphatic carbocycles. The number of carboxylic acids is 1. The zero-order valence-corrected chi connectivity index (χ0v) is 18.8. The highest BCUT2D eigenvalue weighted by Gasteiger charge is 2.27. The van der Waals surface area contributed by atoms with E-state index in [1.54, 1.807) is 12.1 Å². The highest BCUT2D eigenvalue weighted by Crippen LogP contribution is 2.25. The van der Waals surface area contributed by atoms with Gasteiger partial charge in [-0.25, -0.2) is 8.42 Å². The summed E-state index contributed by atoms with van der Waals surface area (Å²) >= 11 is 0. The van der Waals surface area contributed by atoms with Gasteiger partial charge in [-0.2, -0.15) is 0 Å². The Balaban J connectivity index is 1.83. The van der Waals surface area contributed by atoms with Gasteiger partial charge in [-0.1, -0.05) is 29.8 Å². The quantitative estimate of drug-likeness (QED) is 0.338. The third-order valence-electron chi connectivity index (χ3n) is 4.87. The molecule has 34 heavy (non-hydrogen) atoms. The number of nitro benzene ring substituents is 1. The molecule has 0 saturated heterocycles. The predicted molar refractivity (Wildman–Crippen MR) is 121 cm³/mol. The van der Waals surface area contributed by atoms with Gasteiger partial charge in [0.2, 0.25) is 0 Å². The molecule has 178 valence electrons. The van der Waals surface area contributed by atoms with E-state index in [-0.39, 0.29) is 34.2 Å². The van der Waals surface area contributed by atoms with Gasteiger partial charge in [-0.3, -0.25) is 14.4 Å². The normalized spacial score (nSPS) is 12.1. The number of aromatic carboxylic acids is 1. The summed E-state index contributed by atoms with van der Waals surface area (Å²) in [5.41, 5.74) is 0.752. The van der Waals surface area contributed by atoms with E-state index >= 15 is 0 Å². The lowest BCUT2D eigenvalue weighted by atomic mass is 10.2. The molecule has 0 aliphatic rings. The van der Waals surface area contributed by atoms with Crippen molar-refractivity contribution < 1.29 is 33.1 Å². The number of non-ortho nitro benzene ring substituents is 1. The summed E-state index contributed by atoms with van der Waals surface area (Å²) in [6.07, 6.45) is -1.28. The first-order chi connectivity index (χ1) is 16.1. The van der Waals surface area contributed by atoms with E-state index in [2.05, 4.69) is 0 Å². The number of sulfonamides is 1. The molecule has 1 atom stereocenters. The summed E-state index contributed by atoms with van der Waals surface area (Å²) in [6, 6.07) is 16.4. The van der Waals surface area contributed by atoms with Crippen molar-refractivity contribution in [3.05, 3.63) is 94.0 Å². The fraction of sp³-hybridized carbons (Fsp3) is 0.174. The maximum Gasteiger partial charge on any atom is 0.269 e. The smallest absolute Gasteiger partial charge is 0.269 e. The van der Waals surface area contributed by atoms with Gasteiger partial charge in [0, 0.05) is 12.1 Å². The number of carboxylic acid groups (broad SMARTS) is 1. The van der Waals surface area contributed by atoms with Crippen LogP contribution < -0.4 is 14.1 Å². The molecule has 0 unspecified atom stereocenters. The zero-order chi connectivity index (χ0) is 24.9. The van der Waals surface area contributed by atoms with E-state index in [1.807, 2.05) is 6.92 Å². The third-order valence-corrected chi connectivity index (χ3v) is 6.67. The van der Waals surface area contributed by atoms with Crippen LogP contribution in [0.5, 0.6) is 5.75 Å². The number of nitro groups is 1. The van der Waals surface area contributed by atoms with Gasteiger partial charge in [0.25, 0.3) is 15.7 Å². The van der Waals surface area contributed by atoms with Gasteiger partial charge in [0.1, 0.15) is 18.5 Å². The van der Waals surface area contributed by atoms with Crippen molar-refractivity contribution in [1.29, 1.82) is 0 Å². The molecule has 3 aromatic rings. The number of carbonyl (C=O) groups is 1. The molecule has 3 aromatic carbocycles. The van der Waals surface area contributed by atoms with Gasteiger partial charge in [-0.15, -0.1) is 0 Å². The lowest BCUT2D eigenvalue weighted by Gasteiger charge is -2.27. The van der Waals surface area contributed by atoms with Crippen LogP contribution in [-0.2, 0) is 10.0 Å². The molecule has 0 saturated carbocycles. The number of carbonyl (C=O) groups excluding carboxylic acids is 1. The van der Waals surface area contributed by atoms with Crippen LogP contribution in [0.2, 0.25) is 0 Å². The lowest BCUT2D eigenvalue weighted by Crippen LogP contribution is -2.40. The van der Waals surface area contributed by atoms with E-state index < -0.39 is 33.6 Å². The molecule has 0 aliphatic heterocycles. The second kappa shape index (κ2) is 10.3. The van der Waals surface area contributed by atoms with E-state index in [4.69, 9.17) is 4.74 Å². The first-order valence-electron chi connectivity index (χ1n) is 10.0. The summed E-state index contributed by atoms with van der Waals surface area (Å²) in [5.74, 6) is -1.15. The fourth-order valence-corrected chi connectivity index (χ4v) is 4.55. The second-order valence-electron chi connectivity index (χ2n) is 7.40. The molecule has 1 N–H and O–H groups in total.